The van der Waals surface area contributed by atoms with Gasteiger partial charge in [-0.1, -0.05) is 11.6 Å². The Kier molecular flexibility index (Phi) is 3.82. The molecule has 6 heteroatoms. The first-order chi connectivity index (χ1) is 9.25. The fourth-order valence-electron chi connectivity index (χ4n) is 2.17. The summed E-state index contributed by atoms with van der Waals surface area (Å²) in [6.45, 7) is 5.60. The monoisotopic (exact) mass is 302 g/mol. The van der Waals surface area contributed by atoms with Gasteiger partial charge in [-0.15, -0.1) is 0 Å². The third-order valence-corrected chi connectivity index (χ3v) is 3.54. The molecule has 0 atom stereocenters. The normalized spacial score (nSPS) is 11.9. The largest absolute Gasteiger partial charge is 0.433 e. The van der Waals surface area contributed by atoms with Crippen LogP contribution >= 0.6 is 11.6 Å². The predicted octanol–water partition coefficient (Wildman–Crippen LogP) is 4.96. The average molecular weight is 303 g/mol. The van der Waals surface area contributed by atoms with Gasteiger partial charge in [-0.25, -0.2) is 4.98 Å². The summed E-state index contributed by atoms with van der Waals surface area (Å²) in [7, 11) is 0. The number of halogens is 4. The quantitative estimate of drug-likeness (QED) is 0.848. The van der Waals surface area contributed by atoms with Gasteiger partial charge in [-0.05, 0) is 38.5 Å². The molecule has 2 nitrogen and oxygen atoms in total. The van der Waals surface area contributed by atoms with Gasteiger partial charge in [0.2, 0.25) is 0 Å². The van der Waals surface area contributed by atoms with Crippen molar-refractivity contribution in [2.24, 2.45) is 0 Å². The number of nitrogens with zero attached hydrogens (tertiary/aromatic N) is 1. The highest BCUT2D eigenvalue weighted by Crippen LogP contribution is 2.38. The van der Waals surface area contributed by atoms with E-state index in [1.54, 1.807) is 6.07 Å². The molecular formula is C14H14ClF3N2. The number of fused-ring (bicyclic) bond motifs is 1. The predicted molar refractivity (Wildman–Crippen MR) is 75.4 cm³/mol. The molecule has 0 fully saturated rings. The zero-order chi connectivity index (χ0) is 15.1. The van der Waals surface area contributed by atoms with Crippen molar-refractivity contribution in [3.05, 3.63) is 34.0 Å². The minimum atomic E-state index is -4.49. The first-order valence-electron chi connectivity index (χ1n) is 6.17. The summed E-state index contributed by atoms with van der Waals surface area (Å²) >= 11 is 5.98. The third-order valence-electron chi connectivity index (χ3n) is 3.13. The molecule has 0 bridgehead atoms. The van der Waals surface area contributed by atoms with Crippen LogP contribution in [0.4, 0.5) is 18.9 Å². The number of benzene rings is 1. The zero-order valence-electron chi connectivity index (χ0n) is 11.3. The van der Waals surface area contributed by atoms with Crippen LogP contribution in [0.15, 0.2) is 12.1 Å². The van der Waals surface area contributed by atoms with E-state index >= 15 is 0 Å². The summed E-state index contributed by atoms with van der Waals surface area (Å²) in [4.78, 5) is 3.74. The second-order valence-electron chi connectivity index (χ2n) is 4.61. The van der Waals surface area contributed by atoms with E-state index in [1.807, 2.05) is 13.8 Å². The fourth-order valence-corrected chi connectivity index (χ4v) is 2.33. The molecule has 0 aliphatic heterocycles. The summed E-state index contributed by atoms with van der Waals surface area (Å²) in [6.07, 6.45) is -4.49. The molecule has 0 unspecified atom stereocenters. The van der Waals surface area contributed by atoms with Crippen molar-refractivity contribution < 1.29 is 13.2 Å². The summed E-state index contributed by atoms with van der Waals surface area (Å²) in [6, 6.07) is 3.23. The van der Waals surface area contributed by atoms with Gasteiger partial charge in [0, 0.05) is 28.2 Å². The Morgan fingerprint density at radius 3 is 2.45 bits per heavy atom. The zero-order valence-corrected chi connectivity index (χ0v) is 12.1. The van der Waals surface area contributed by atoms with Crippen LogP contribution < -0.4 is 5.32 Å². The lowest BCUT2D eigenvalue weighted by Gasteiger charge is -2.17. The molecule has 0 aliphatic rings. The molecule has 0 radical (unpaired) electrons. The van der Waals surface area contributed by atoms with Gasteiger partial charge in [-0.2, -0.15) is 13.2 Å². The molecular weight excluding hydrogens is 289 g/mol. The van der Waals surface area contributed by atoms with Gasteiger partial charge in [0.05, 0.1) is 5.52 Å². The number of pyridine rings is 1. The molecule has 0 saturated carbocycles. The maximum atomic E-state index is 13.1. The Morgan fingerprint density at radius 2 is 1.90 bits per heavy atom. The van der Waals surface area contributed by atoms with Crippen molar-refractivity contribution in [1.82, 2.24) is 4.98 Å². The lowest BCUT2D eigenvalue weighted by atomic mass is 10.0. The van der Waals surface area contributed by atoms with Crippen molar-refractivity contribution in [2.75, 3.05) is 11.9 Å². The van der Waals surface area contributed by atoms with Gasteiger partial charge in [-0.3, -0.25) is 0 Å². The Labute approximate surface area is 120 Å². The average Bonchev–Trinajstić information content (AvgIpc) is 2.33. The molecule has 1 heterocycles. The van der Waals surface area contributed by atoms with Crippen molar-refractivity contribution in [3.63, 3.8) is 0 Å². The van der Waals surface area contributed by atoms with Gasteiger partial charge < -0.3 is 5.32 Å². The number of hydrogen-bond donors (Lipinski definition) is 1. The minimum Gasteiger partial charge on any atom is -0.385 e. The number of hydrogen-bond acceptors (Lipinski definition) is 2. The van der Waals surface area contributed by atoms with Gasteiger partial charge in [0.25, 0.3) is 0 Å². The van der Waals surface area contributed by atoms with Crippen LogP contribution in [0.5, 0.6) is 0 Å². The van der Waals surface area contributed by atoms with Crippen LogP contribution in [0, 0.1) is 13.8 Å². The highest BCUT2D eigenvalue weighted by atomic mass is 35.5. The Balaban J connectivity index is 2.87. The second-order valence-corrected chi connectivity index (χ2v) is 5.01. The number of alkyl halides is 3. The summed E-state index contributed by atoms with van der Waals surface area (Å²) in [5.41, 5.74) is 0.743. The number of nitrogens with one attached hydrogen (secondary N) is 1. The maximum Gasteiger partial charge on any atom is 0.433 e. The van der Waals surface area contributed by atoms with Crippen LogP contribution in [0.25, 0.3) is 10.9 Å². The maximum absolute atomic E-state index is 13.1. The molecule has 20 heavy (non-hydrogen) atoms. The van der Waals surface area contributed by atoms with Crippen molar-refractivity contribution >= 4 is 28.2 Å². The van der Waals surface area contributed by atoms with E-state index in [1.165, 1.54) is 13.0 Å². The molecule has 0 saturated heterocycles. The molecule has 2 rings (SSSR count). The van der Waals surface area contributed by atoms with Crippen LogP contribution in [0.2, 0.25) is 5.02 Å². The fraction of sp³-hybridized carbons (Fsp3) is 0.357. The Bertz CT molecular complexity index is 666. The topological polar surface area (TPSA) is 24.9 Å². The molecule has 1 aromatic heterocycles. The first kappa shape index (κ1) is 14.9. The molecule has 0 spiro atoms. The van der Waals surface area contributed by atoms with E-state index in [0.29, 0.717) is 22.6 Å². The van der Waals surface area contributed by atoms with Gasteiger partial charge in [0.1, 0.15) is 5.69 Å². The number of aromatic nitrogens is 1. The van der Waals surface area contributed by atoms with E-state index in [0.717, 1.165) is 5.56 Å². The van der Waals surface area contributed by atoms with Crippen molar-refractivity contribution in [2.45, 2.75) is 26.9 Å². The van der Waals surface area contributed by atoms with E-state index < -0.39 is 11.9 Å². The van der Waals surface area contributed by atoms with E-state index in [4.69, 9.17) is 11.6 Å². The van der Waals surface area contributed by atoms with E-state index in [9.17, 15) is 13.2 Å². The van der Waals surface area contributed by atoms with Crippen LogP contribution in [0.1, 0.15) is 23.7 Å². The Hall–Kier alpha value is -1.49. The molecule has 2 aromatic rings. The lowest BCUT2D eigenvalue weighted by Crippen LogP contribution is -2.13. The van der Waals surface area contributed by atoms with Gasteiger partial charge in [0.15, 0.2) is 0 Å². The second kappa shape index (κ2) is 5.13. The standard InChI is InChI=1S/C14H14ClF3N2/c1-4-19-12-8(3)13(14(16,17)18)20-11-6-10(15)7(2)5-9(11)12/h5-6H,4H2,1-3H3,(H,19,20). The first-order valence-corrected chi connectivity index (χ1v) is 6.55. The smallest absolute Gasteiger partial charge is 0.385 e. The Morgan fingerprint density at radius 1 is 1.25 bits per heavy atom. The third kappa shape index (κ3) is 2.54. The SMILES string of the molecule is CCNc1c(C)c(C(F)(F)F)nc2cc(Cl)c(C)cc12. The van der Waals surface area contributed by atoms with Crippen LogP contribution in [0.3, 0.4) is 0 Å². The molecule has 1 aromatic carbocycles. The van der Waals surface area contributed by atoms with E-state index in [2.05, 4.69) is 10.3 Å². The van der Waals surface area contributed by atoms with Crippen molar-refractivity contribution in [3.8, 4) is 0 Å². The molecule has 108 valence electrons. The summed E-state index contributed by atoms with van der Waals surface area (Å²) in [5, 5.41) is 4.05. The van der Waals surface area contributed by atoms with Crippen LogP contribution in [-0.2, 0) is 6.18 Å². The van der Waals surface area contributed by atoms with Gasteiger partial charge >= 0.3 is 6.18 Å². The number of anilines is 1. The lowest BCUT2D eigenvalue weighted by molar-refractivity contribution is -0.141. The number of aryl methyl sites for hydroxylation is 1. The highest BCUT2D eigenvalue weighted by molar-refractivity contribution is 6.32. The highest BCUT2D eigenvalue weighted by Gasteiger charge is 2.36. The minimum absolute atomic E-state index is 0.105. The number of rotatable bonds is 2. The summed E-state index contributed by atoms with van der Waals surface area (Å²) < 4.78 is 39.2. The molecule has 1 N–H and O–H groups in total. The summed E-state index contributed by atoms with van der Waals surface area (Å²) in [5.74, 6) is 0. The van der Waals surface area contributed by atoms with Crippen molar-refractivity contribution in [1.29, 1.82) is 0 Å². The molecule has 0 amide bonds. The molecule has 0 aliphatic carbocycles. The van der Waals surface area contributed by atoms with E-state index in [-0.39, 0.29) is 11.1 Å². The van der Waals surface area contributed by atoms with Crippen LogP contribution in [-0.4, -0.2) is 11.5 Å².